The Morgan fingerprint density at radius 2 is 1.37 bits per heavy atom. The molecule has 100 valence electrons. The van der Waals surface area contributed by atoms with E-state index in [1.165, 1.54) is 0 Å². The smallest absolute Gasteiger partial charge is 0.264 e. The lowest BCUT2D eigenvalue weighted by atomic mass is 9.83. The van der Waals surface area contributed by atoms with Gasteiger partial charge in [0.25, 0.3) is 0 Å². The van der Waals surface area contributed by atoms with Gasteiger partial charge in [-0.15, -0.1) is 0 Å². The second kappa shape index (κ2) is 3.97. The predicted octanol–water partition coefficient (Wildman–Crippen LogP) is 1.98. The molecule has 19 heavy (non-hydrogen) atoms. The molecule has 0 amide bonds. The van der Waals surface area contributed by atoms with E-state index in [9.17, 15) is 20.2 Å². The monoisotopic (exact) mass is 268 g/mol. The van der Waals surface area contributed by atoms with Gasteiger partial charge in [-0.3, -0.25) is 20.2 Å². The van der Waals surface area contributed by atoms with Crippen molar-refractivity contribution in [3.8, 4) is 0 Å². The van der Waals surface area contributed by atoms with Crippen LogP contribution < -0.4 is 0 Å². The highest BCUT2D eigenvalue weighted by molar-refractivity contribution is 5.10. The predicted molar refractivity (Wildman–Crippen MR) is 58.6 cm³/mol. The van der Waals surface area contributed by atoms with Crippen molar-refractivity contribution in [1.82, 2.24) is 0 Å². The van der Waals surface area contributed by atoms with Gasteiger partial charge < -0.3 is 0 Å². The second-order valence-electron chi connectivity index (χ2n) is 4.69. The number of hydrogen-bond acceptors (Lipinski definition) is 6. The van der Waals surface area contributed by atoms with Gasteiger partial charge in [-0.05, 0) is 27.7 Å². The topological polar surface area (TPSA) is 184 Å². The van der Waals surface area contributed by atoms with E-state index in [-0.39, 0.29) is 19.3 Å². The first kappa shape index (κ1) is 12.9. The molecule has 2 aliphatic rings. The first-order valence-corrected chi connectivity index (χ1v) is 5.34. The van der Waals surface area contributed by atoms with E-state index in [2.05, 4.69) is 20.1 Å². The minimum absolute atomic E-state index is 0.139. The van der Waals surface area contributed by atoms with Gasteiger partial charge in [0, 0.05) is 44.3 Å². The average molecular weight is 268 g/mol. The zero-order valence-corrected chi connectivity index (χ0v) is 9.49. The van der Waals surface area contributed by atoms with Crippen LogP contribution in [0, 0.1) is 32.1 Å². The largest absolute Gasteiger partial charge is 0.304 e. The van der Waals surface area contributed by atoms with Crippen LogP contribution in [0.15, 0.2) is 10.2 Å². The minimum Gasteiger partial charge on any atom is -0.264 e. The highest BCUT2D eigenvalue weighted by Crippen LogP contribution is 2.59. The molecule has 2 saturated carbocycles. The molecule has 0 N–H and O–H groups in total. The number of azide groups is 2. The quantitative estimate of drug-likeness (QED) is 0.248. The van der Waals surface area contributed by atoms with E-state index in [1.54, 1.807) is 0 Å². The maximum absolute atomic E-state index is 11.1. The van der Waals surface area contributed by atoms with Gasteiger partial charge in [0.2, 0.25) is 0 Å². The Balaban J connectivity index is 2.44. The maximum Gasteiger partial charge on any atom is 0.304 e. The SMILES string of the molecule is [N-]=[N+]=N[C@@]1([N+](=O)[O-])C[C@H]2C[C@@H]1C[C@@]2(N=[N+]=[N-])[N+](=O)[O-]. The van der Waals surface area contributed by atoms with Crippen LogP contribution in [0.1, 0.15) is 19.3 Å². The molecule has 4 atom stereocenters. The molecule has 2 aliphatic carbocycles. The average Bonchev–Trinajstić information content (AvgIpc) is 2.86. The molecule has 2 rings (SSSR count). The van der Waals surface area contributed by atoms with Crippen molar-refractivity contribution < 1.29 is 9.85 Å². The molecule has 0 spiro atoms. The van der Waals surface area contributed by atoms with E-state index in [4.69, 9.17) is 11.1 Å². The van der Waals surface area contributed by atoms with Crippen LogP contribution in [0.4, 0.5) is 0 Å². The molecule has 0 saturated heterocycles. The Kier molecular flexibility index (Phi) is 2.69. The van der Waals surface area contributed by atoms with Gasteiger partial charge in [-0.25, -0.2) is 0 Å². The lowest BCUT2D eigenvalue weighted by Gasteiger charge is -2.30. The van der Waals surface area contributed by atoms with Gasteiger partial charge >= 0.3 is 11.3 Å². The molecular weight excluding hydrogens is 260 g/mol. The van der Waals surface area contributed by atoms with Crippen molar-refractivity contribution in [3.05, 3.63) is 41.1 Å². The lowest BCUT2D eigenvalue weighted by molar-refractivity contribution is -0.608. The molecule has 0 radical (unpaired) electrons. The number of nitrogens with zero attached hydrogens (tertiary/aromatic N) is 8. The summed E-state index contributed by atoms with van der Waals surface area (Å²) < 4.78 is 0. The Morgan fingerprint density at radius 3 is 1.58 bits per heavy atom. The number of hydrogen-bond donors (Lipinski definition) is 0. The number of rotatable bonds is 4. The van der Waals surface area contributed by atoms with Crippen LogP contribution in [0.2, 0.25) is 0 Å². The second-order valence-corrected chi connectivity index (χ2v) is 4.69. The van der Waals surface area contributed by atoms with Crippen LogP contribution in [0.3, 0.4) is 0 Å². The van der Waals surface area contributed by atoms with E-state index >= 15 is 0 Å². The summed E-state index contributed by atoms with van der Waals surface area (Å²) in [7, 11) is 0. The third-order valence-electron chi connectivity index (χ3n) is 4.04. The molecule has 0 aromatic heterocycles. The van der Waals surface area contributed by atoms with Crippen LogP contribution in [0.5, 0.6) is 0 Å². The molecule has 2 bridgehead atoms. The Bertz CT molecular complexity index is 495. The van der Waals surface area contributed by atoms with Gasteiger partial charge in [0.1, 0.15) is 0 Å². The number of nitro groups is 2. The van der Waals surface area contributed by atoms with Crippen molar-refractivity contribution >= 4 is 0 Å². The van der Waals surface area contributed by atoms with Gasteiger partial charge in [0.05, 0.1) is 0 Å². The van der Waals surface area contributed by atoms with E-state index in [1.807, 2.05) is 0 Å². The van der Waals surface area contributed by atoms with E-state index in [0.29, 0.717) is 0 Å². The molecule has 12 heteroatoms. The fraction of sp³-hybridized carbons (Fsp3) is 1.00. The Labute approximate surface area is 104 Å². The fourth-order valence-electron chi connectivity index (χ4n) is 3.19. The van der Waals surface area contributed by atoms with Crippen LogP contribution in [-0.4, -0.2) is 21.2 Å². The van der Waals surface area contributed by atoms with Gasteiger partial charge in [-0.2, -0.15) is 0 Å². The molecule has 0 unspecified atom stereocenters. The minimum atomic E-state index is -1.86. The zero-order chi connectivity index (χ0) is 14.3. The van der Waals surface area contributed by atoms with Crippen molar-refractivity contribution in [2.24, 2.45) is 22.1 Å². The molecule has 12 nitrogen and oxygen atoms in total. The first-order chi connectivity index (χ1) is 8.93. The van der Waals surface area contributed by atoms with Crippen LogP contribution in [-0.2, 0) is 0 Å². The normalized spacial score (nSPS) is 39.2. The number of fused-ring (bicyclic) bond motifs is 2. The third-order valence-corrected chi connectivity index (χ3v) is 4.04. The van der Waals surface area contributed by atoms with Gasteiger partial charge in [0.15, 0.2) is 0 Å². The van der Waals surface area contributed by atoms with Gasteiger partial charge in [-0.1, -0.05) is 0 Å². The van der Waals surface area contributed by atoms with Crippen LogP contribution >= 0.6 is 0 Å². The molecule has 0 heterocycles. The lowest BCUT2D eigenvalue weighted by Crippen LogP contribution is -2.51. The summed E-state index contributed by atoms with van der Waals surface area (Å²) in [5.41, 5.74) is 13.2. The standard InChI is InChI=1S/C7H8N8O4/c8-12-10-6(14(16)17)2-4-1-5(6)3-7(4,11-13-9)15(18)19/h4-5H,1-3H2/t4-,5-,6-,7-/m1/s1. The van der Waals surface area contributed by atoms with Crippen molar-refractivity contribution in [3.63, 3.8) is 0 Å². The molecule has 0 aromatic rings. The summed E-state index contributed by atoms with van der Waals surface area (Å²) in [4.78, 5) is 25.8. The summed E-state index contributed by atoms with van der Waals surface area (Å²) in [6.07, 6.45) is -0.427. The first-order valence-electron chi connectivity index (χ1n) is 5.34. The molecule has 2 fully saturated rings. The maximum atomic E-state index is 11.1. The highest BCUT2D eigenvalue weighted by Gasteiger charge is 2.73. The third kappa shape index (κ3) is 1.47. The fourth-order valence-corrected chi connectivity index (χ4v) is 3.19. The Hall–Kier alpha value is -2.58. The zero-order valence-electron chi connectivity index (χ0n) is 9.49. The molecule has 0 aromatic carbocycles. The Morgan fingerprint density at radius 1 is 1.00 bits per heavy atom. The highest BCUT2D eigenvalue weighted by atomic mass is 16.6. The summed E-state index contributed by atoms with van der Waals surface area (Å²) in [6.45, 7) is 0. The summed E-state index contributed by atoms with van der Waals surface area (Å²) in [6, 6.07) is 0. The van der Waals surface area contributed by atoms with Crippen molar-refractivity contribution in [1.29, 1.82) is 0 Å². The van der Waals surface area contributed by atoms with Crippen LogP contribution in [0.25, 0.3) is 20.9 Å². The summed E-state index contributed by atoms with van der Waals surface area (Å²) >= 11 is 0. The van der Waals surface area contributed by atoms with E-state index < -0.39 is 33.0 Å². The summed E-state index contributed by atoms with van der Waals surface area (Å²) in [5.74, 6) is -1.58. The van der Waals surface area contributed by atoms with Crippen molar-refractivity contribution in [2.45, 2.75) is 30.6 Å². The molecular formula is C7H8N8O4. The van der Waals surface area contributed by atoms with E-state index in [0.717, 1.165) is 0 Å². The summed E-state index contributed by atoms with van der Waals surface area (Å²) in [5, 5.41) is 28.7. The van der Waals surface area contributed by atoms with Crippen molar-refractivity contribution in [2.75, 3.05) is 0 Å². The molecule has 0 aliphatic heterocycles.